The van der Waals surface area contributed by atoms with Crippen LogP contribution in [0.25, 0.3) is 0 Å². The molecular weight excluding hydrogens is 168 g/mol. The van der Waals surface area contributed by atoms with Crippen LogP contribution in [0.1, 0.15) is 5.56 Å². The van der Waals surface area contributed by atoms with E-state index in [0.717, 1.165) is 5.56 Å². The predicted octanol–water partition coefficient (Wildman–Crippen LogP) is 0.555. The maximum absolute atomic E-state index is 8.90. The second-order valence-corrected chi connectivity index (χ2v) is 2.88. The van der Waals surface area contributed by atoms with Gasteiger partial charge in [0, 0.05) is 13.5 Å². The minimum atomic E-state index is -1.43. The summed E-state index contributed by atoms with van der Waals surface area (Å²) in [6.45, 7) is 0. The van der Waals surface area contributed by atoms with Gasteiger partial charge in [-0.2, -0.15) is 0 Å². The highest BCUT2D eigenvalue weighted by Crippen LogP contribution is 2.07. The van der Waals surface area contributed by atoms with Gasteiger partial charge < -0.3 is 14.9 Å². The van der Waals surface area contributed by atoms with Crippen LogP contribution in [-0.2, 0) is 11.2 Å². The SMILES string of the molecule is CO[C@@H](Cc1ccccc1)C(O)O. The lowest BCUT2D eigenvalue weighted by molar-refractivity contribution is -0.133. The van der Waals surface area contributed by atoms with Crippen LogP contribution in [0.4, 0.5) is 0 Å². The molecule has 0 saturated carbocycles. The van der Waals surface area contributed by atoms with Gasteiger partial charge in [0.2, 0.25) is 0 Å². The summed E-state index contributed by atoms with van der Waals surface area (Å²) in [5.74, 6) is 0. The Bertz CT molecular complexity index is 233. The molecule has 3 heteroatoms. The highest BCUT2D eigenvalue weighted by atomic mass is 16.5. The summed E-state index contributed by atoms with van der Waals surface area (Å²) in [5, 5.41) is 17.8. The van der Waals surface area contributed by atoms with Crippen LogP contribution < -0.4 is 0 Å². The average Bonchev–Trinajstić information content (AvgIpc) is 2.15. The van der Waals surface area contributed by atoms with Gasteiger partial charge in [-0.1, -0.05) is 30.3 Å². The van der Waals surface area contributed by atoms with Crippen molar-refractivity contribution in [2.45, 2.75) is 18.8 Å². The summed E-state index contributed by atoms with van der Waals surface area (Å²) in [7, 11) is 1.47. The molecule has 0 amide bonds. The number of hydrogen-bond acceptors (Lipinski definition) is 3. The van der Waals surface area contributed by atoms with Crippen LogP contribution in [0.2, 0.25) is 0 Å². The minimum Gasteiger partial charge on any atom is -0.376 e. The Kier molecular flexibility index (Phi) is 3.89. The van der Waals surface area contributed by atoms with Crippen molar-refractivity contribution in [1.82, 2.24) is 0 Å². The zero-order valence-corrected chi connectivity index (χ0v) is 7.55. The molecule has 0 saturated heterocycles. The molecule has 0 aliphatic heterocycles. The number of ether oxygens (including phenoxy) is 1. The molecule has 1 aromatic rings. The maximum Gasteiger partial charge on any atom is 0.178 e. The van der Waals surface area contributed by atoms with Gasteiger partial charge in [0.15, 0.2) is 6.29 Å². The molecule has 0 aliphatic carbocycles. The van der Waals surface area contributed by atoms with E-state index in [2.05, 4.69) is 0 Å². The topological polar surface area (TPSA) is 49.7 Å². The van der Waals surface area contributed by atoms with E-state index in [9.17, 15) is 0 Å². The van der Waals surface area contributed by atoms with E-state index in [-0.39, 0.29) is 0 Å². The standard InChI is InChI=1S/C10H14O3/c1-13-9(10(11)12)7-8-5-3-2-4-6-8/h2-6,9-12H,7H2,1H3/t9-/m0/s1. The quantitative estimate of drug-likeness (QED) is 0.669. The van der Waals surface area contributed by atoms with Gasteiger partial charge in [0.25, 0.3) is 0 Å². The van der Waals surface area contributed by atoms with Gasteiger partial charge in [-0.25, -0.2) is 0 Å². The first-order valence-corrected chi connectivity index (χ1v) is 4.17. The molecule has 0 bridgehead atoms. The van der Waals surface area contributed by atoms with Crippen molar-refractivity contribution in [3.63, 3.8) is 0 Å². The van der Waals surface area contributed by atoms with Crippen molar-refractivity contribution < 1.29 is 14.9 Å². The number of hydrogen-bond donors (Lipinski definition) is 2. The first kappa shape index (κ1) is 10.2. The van der Waals surface area contributed by atoms with E-state index in [1.54, 1.807) is 0 Å². The van der Waals surface area contributed by atoms with Crippen molar-refractivity contribution in [3.05, 3.63) is 35.9 Å². The Labute approximate surface area is 77.6 Å². The van der Waals surface area contributed by atoms with Crippen LogP contribution in [0.5, 0.6) is 0 Å². The van der Waals surface area contributed by atoms with Gasteiger partial charge in [0.1, 0.15) is 6.10 Å². The monoisotopic (exact) mass is 182 g/mol. The van der Waals surface area contributed by atoms with Gasteiger partial charge >= 0.3 is 0 Å². The second kappa shape index (κ2) is 4.97. The van der Waals surface area contributed by atoms with E-state index < -0.39 is 12.4 Å². The van der Waals surface area contributed by atoms with Crippen molar-refractivity contribution in [2.24, 2.45) is 0 Å². The Hall–Kier alpha value is -0.900. The first-order chi connectivity index (χ1) is 6.24. The third-order valence-corrected chi connectivity index (χ3v) is 1.91. The number of benzene rings is 1. The largest absolute Gasteiger partial charge is 0.376 e. The summed E-state index contributed by atoms with van der Waals surface area (Å²) >= 11 is 0. The summed E-state index contributed by atoms with van der Waals surface area (Å²) < 4.78 is 4.92. The molecule has 1 atom stereocenters. The van der Waals surface area contributed by atoms with Gasteiger partial charge in [-0.3, -0.25) is 0 Å². The molecule has 0 fully saturated rings. The van der Waals surface area contributed by atoms with Crippen LogP contribution in [-0.4, -0.2) is 29.7 Å². The normalized spacial score (nSPS) is 13.2. The van der Waals surface area contributed by atoms with Crippen molar-refractivity contribution >= 4 is 0 Å². The van der Waals surface area contributed by atoms with Crippen LogP contribution in [0, 0.1) is 0 Å². The van der Waals surface area contributed by atoms with E-state index >= 15 is 0 Å². The van der Waals surface area contributed by atoms with Gasteiger partial charge in [-0.05, 0) is 5.56 Å². The lowest BCUT2D eigenvalue weighted by Crippen LogP contribution is -2.29. The van der Waals surface area contributed by atoms with Crippen LogP contribution in [0.3, 0.4) is 0 Å². The second-order valence-electron chi connectivity index (χ2n) is 2.88. The predicted molar refractivity (Wildman–Crippen MR) is 49.2 cm³/mol. The molecular formula is C10H14O3. The molecule has 0 spiro atoms. The Morgan fingerprint density at radius 3 is 2.31 bits per heavy atom. The molecule has 13 heavy (non-hydrogen) atoms. The number of aliphatic hydroxyl groups excluding tert-OH is 1. The Balaban J connectivity index is 2.57. The van der Waals surface area contributed by atoms with E-state index in [0.29, 0.717) is 6.42 Å². The maximum atomic E-state index is 8.90. The lowest BCUT2D eigenvalue weighted by atomic mass is 10.1. The zero-order valence-electron chi connectivity index (χ0n) is 7.55. The molecule has 0 aliphatic rings. The lowest BCUT2D eigenvalue weighted by Gasteiger charge is -2.16. The van der Waals surface area contributed by atoms with Crippen LogP contribution >= 0.6 is 0 Å². The summed E-state index contributed by atoms with van der Waals surface area (Å²) in [5.41, 5.74) is 1.03. The first-order valence-electron chi connectivity index (χ1n) is 4.17. The smallest absolute Gasteiger partial charge is 0.178 e. The van der Waals surface area contributed by atoms with Gasteiger partial charge in [0.05, 0.1) is 0 Å². The molecule has 1 aromatic carbocycles. The summed E-state index contributed by atoms with van der Waals surface area (Å²) in [6, 6.07) is 9.58. The van der Waals surface area contributed by atoms with Crippen LogP contribution in [0.15, 0.2) is 30.3 Å². The number of methoxy groups -OCH3 is 1. The molecule has 0 aromatic heterocycles. The highest BCUT2D eigenvalue weighted by Gasteiger charge is 2.15. The highest BCUT2D eigenvalue weighted by molar-refractivity contribution is 5.15. The average molecular weight is 182 g/mol. The van der Waals surface area contributed by atoms with E-state index in [4.69, 9.17) is 14.9 Å². The molecule has 72 valence electrons. The number of aliphatic hydroxyl groups is 2. The summed E-state index contributed by atoms with van der Waals surface area (Å²) in [6.07, 6.45) is -1.47. The third-order valence-electron chi connectivity index (χ3n) is 1.91. The fourth-order valence-corrected chi connectivity index (χ4v) is 1.16. The fourth-order valence-electron chi connectivity index (χ4n) is 1.16. The van der Waals surface area contributed by atoms with Crippen molar-refractivity contribution in [3.8, 4) is 0 Å². The van der Waals surface area contributed by atoms with E-state index in [1.807, 2.05) is 30.3 Å². The third kappa shape index (κ3) is 3.14. The number of rotatable bonds is 4. The summed E-state index contributed by atoms with van der Waals surface area (Å²) in [4.78, 5) is 0. The molecule has 0 heterocycles. The Morgan fingerprint density at radius 1 is 1.23 bits per heavy atom. The zero-order chi connectivity index (χ0) is 9.68. The molecule has 0 radical (unpaired) electrons. The molecule has 2 N–H and O–H groups in total. The minimum absolute atomic E-state index is 0.509. The van der Waals surface area contributed by atoms with Crippen molar-refractivity contribution in [2.75, 3.05) is 7.11 Å². The van der Waals surface area contributed by atoms with Crippen molar-refractivity contribution in [1.29, 1.82) is 0 Å². The molecule has 1 rings (SSSR count). The van der Waals surface area contributed by atoms with E-state index in [1.165, 1.54) is 7.11 Å². The molecule has 0 unspecified atom stereocenters. The fraction of sp³-hybridized carbons (Fsp3) is 0.400. The Morgan fingerprint density at radius 2 is 1.85 bits per heavy atom. The molecule has 3 nitrogen and oxygen atoms in total. The van der Waals surface area contributed by atoms with Gasteiger partial charge in [-0.15, -0.1) is 0 Å².